The highest BCUT2D eigenvalue weighted by atomic mass is 19.1. The summed E-state index contributed by atoms with van der Waals surface area (Å²) in [5, 5.41) is 0. The average Bonchev–Trinajstić information content (AvgIpc) is 1.99. The molecule has 1 nitrogen and oxygen atoms in total. The molecule has 84 valence electrons. The minimum absolute atomic E-state index is 0.0280. The summed E-state index contributed by atoms with van der Waals surface area (Å²) in [6, 6.07) is 3.14. The fourth-order valence-electron chi connectivity index (χ4n) is 1.57. The number of halogens is 2. The van der Waals surface area contributed by atoms with E-state index in [4.69, 9.17) is 5.73 Å². The summed E-state index contributed by atoms with van der Waals surface area (Å²) in [5.41, 5.74) is 6.28. The van der Waals surface area contributed by atoms with E-state index >= 15 is 0 Å². The molecule has 1 rings (SSSR count). The van der Waals surface area contributed by atoms with Crippen molar-refractivity contribution in [3.63, 3.8) is 0 Å². The van der Waals surface area contributed by atoms with E-state index in [-0.39, 0.29) is 11.5 Å². The highest BCUT2D eigenvalue weighted by molar-refractivity contribution is 5.22. The Balaban J connectivity index is 2.87. The van der Waals surface area contributed by atoms with Crippen molar-refractivity contribution in [3.05, 3.63) is 35.4 Å². The van der Waals surface area contributed by atoms with Crippen molar-refractivity contribution >= 4 is 0 Å². The first-order chi connectivity index (χ1) is 6.79. The molecule has 0 saturated heterocycles. The van der Waals surface area contributed by atoms with Gasteiger partial charge in [-0.15, -0.1) is 0 Å². The molecule has 0 saturated carbocycles. The molecule has 0 aliphatic heterocycles. The number of hydrogen-bond donors (Lipinski definition) is 1. The van der Waals surface area contributed by atoms with Gasteiger partial charge in [-0.3, -0.25) is 0 Å². The lowest BCUT2D eigenvalue weighted by atomic mass is 9.86. The van der Waals surface area contributed by atoms with E-state index in [0.717, 1.165) is 6.07 Å². The Hall–Kier alpha value is -0.960. The minimum Gasteiger partial charge on any atom is -0.324 e. The molecule has 0 fully saturated rings. The lowest BCUT2D eigenvalue weighted by Gasteiger charge is -2.23. The van der Waals surface area contributed by atoms with Crippen LogP contribution >= 0.6 is 0 Å². The molecule has 1 aromatic rings. The predicted molar refractivity (Wildman–Crippen MR) is 57.4 cm³/mol. The number of nitrogens with two attached hydrogens (primary N) is 1. The lowest BCUT2D eigenvalue weighted by molar-refractivity contribution is 0.338. The van der Waals surface area contributed by atoms with E-state index in [1.165, 1.54) is 12.1 Å². The van der Waals surface area contributed by atoms with Crippen LogP contribution in [0.15, 0.2) is 18.2 Å². The van der Waals surface area contributed by atoms with Gasteiger partial charge in [0, 0.05) is 17.7 Å². The second-order valence-corrected chi connectivity index (χ2v) is 5.04. The SMILES string of the molecule is CC(C)(C)C[C@H](N)c1ccc(F)cc1F. The summed E-state index contributed by atoms with van der Waals surface area (Å²) < 4.78 is 26.0. The molecule has 3 heteroatoms. The molecular weight excluding hydrogens is 196 g/mol. The summed E-state index contributed by atoms with van der Waals surface area (Å²) in [4.78, 5) is 0. The van der Waals surface area contributed by atoms with Crippen LogP contribution in [0.3, 0.4) is 0 Å². The van der Waals surface area contributed by atoms with Gasteiger partial charge in [0.05, 0.1) is 0 Å². The van der Waals surface area contributed by atoms with Crippen LogP contribution < -0.4 is 5.73 Å². The maximum Gasteiger partial charge on any atom is 0.130 e. The summed E-state index contributed by atoms with van der Waals surface area (Å²) >= 11 is 0. The van der Waals surface area contributed by atoms with Crippen LogP contribution in [0.25, 0.3) is 0 Å². The van der Waals surface area contributed by atoms with Crippen LogP contribution in [-0.2, 0) is 0 Å². The maximum absolute atomic E-state index is 13.4. The third-order valence-electron chi connectivity index (χ3n) is 2.19. The zero-order valence-corrected chi connectivity index (χ0v) is 9.35. The maximum atomic E-state index is 13.4. The Bertz CT molecular complexity index is 342. The third kappa shape index (κ3) is 3.59. The Morgan fingerprint density at radius 2 is 1.87 bits per heavy atom. The van der Waals surface area contributed by atoms with Gasteiger partial charge in [0.15, 0.2) is 0 Å². The van der Waals surface area contributed by atoms with E-state index in [9.17, 15) is 8.78 Å². The van der Waals surface area contributed by atoms with Crippen LogP contribution in [0.4, 0.5) is 8.78 Å². The highest BCUT2D eigenvalue weighted by Gasteiger charge is 2.19. The quantitative estimate of drug-likeness (QED) is 0.800. The second-order valence-electron chi connectivity index (χ2n) is 5.04. The lowest BCUT2D eigenvalue weighted by Crippen LogP contribution is -2.19. The first-order valence-electron chi connectivity index (χ1n) is 5.00. The zero-order valence-electron chi connectivity index (χ0n) is 9.35. The summed E-state index contributed by atoms with van der Waals surface area (Å²) in [6.45, 7) is 6.11. The molecule has 0 amide bonds. The van der Waals surface area contributed by atoms with Crippen LogP contribution in [-0.4, -0.2) is 0 Å². The van der Waals surface area contributed by atoms with Gasteiger partial charge in [0.25, 0.3) is 0 Å². The number of rotatable bonds is 2. The van der Waals surface area contributed by atoms with E-state index in [1.807, 2.05) is 20.8 Å². The number of hydrogen-bond acceptors (Lipinski definition) is 1. The van der Waals surface area contributed by atoms with Crippen molar-refractivity contribution < 1.29 is 8.78 Å². The van der Waals surface area contributed by atoms with Crippen molar-refractivity contribution in [2.45, 2.75) is 33.2 Å². The molecule has 0 unspecified atom stereocenters. The molecule has 1 atom stereocenters. The van der Waals surface area contributed by atoms with E-state index in [1.54, 1.807) is 0 Å². The Morgan fingerprint density at radius 3 is 2.33 bits per heavy atom. The van der Waals surface area contributed by atoms with Gasteiger partial charge in [-0.1, -0.05) is 26.8 Å². The molecule has 0 aliphatic carbocycles. The molecular formula is C12H17F2N. The molecule has 0 aromatic heterocycles. The summed E-state index contributed by atoms with van der Waals surface area (Å²) in [5.74, 6) is -1.13. The van der Waals surface area contributed by atoms with Crippen LogP contribution in [0.5, 0.6) is 0 Å². The molecule has 15 heavy (non-hydrogen) atoms. The normalized spacial score (nSPS) is 14.0. The zero-order chi connectivity index (χ0) is 11.6. The van der Waals surface area contributed by atoms with E-state index < -0.39 is 11.6 Å². The van der Waals surface area contributed by atoms with Crippen molar-refractivity contribution in [1.29, 1.82) is 0 Å². The molecule has 1 aromatic carbocycles. The first-order valence-corrected chi connectivity index (χ1v) is 5.00. The van der Waals surface area contributed by atoms with Gasteiger partial charge in [0.1, 0.15) is 11.6 Å². The van der Waals surface area contributed by atoms with Gasteiger partial charge in [-0.2, -0.15) is 0 Å². The molecule has 2 N–H and O–H groups in total. The molecule has 0 spiro atoms. The summed E-state index contributed by atoms with van der Waals surface area (Å²) in [7, 11) is 0. The van der Waals surface area contributed by atoms with Gasteiger partial charge < -0.3 is 5.73 Å². The molecule has 0 aliphatic rings. The molecule has 0 heterocycles. The van der Waals surface area contributed by atoms with Crippen molar-refractivity contribution in [2.24, 2.45) is 11.1 Å². The Morgan fingerprint density at radius 1 is 1.27 bits per heavy atom. The predicted octanol–water partition coefficient (Wildman–Crippen LogP) is 3.40. The smallest absolute Gasteiger partial charge is 0.130 e. The van der Waals surface area contributed by atoms with Crippen molar-refractivity contribution in [1.82, 2.24) is 0 Å². The molecule has 0 radical (unpaired) electrons. The van der Waals surface area contributed by atoms with Crippen LogP contribution in [0, 0.1) is 17.0 Å². The van der Waals surface area contributed by atoms with Crippen LogP contribution in [0.1, 0.15) is 38.8 Å². The van der Waals surface area contributed by atoms with E-state index in [0.29, 0.717) is 12.0 Å². The second kappa shape index (κ2) is 4.27. The Kier molecular flexibility index (Phi) is 3.45. The monoisotopic (exact) mass is 213 g/mol. The van der Waals surface area contributed by atoms with Crippen LogP contribution in [0.2, 0.25) is 0 Å². The minimum atomic E-state index is -0.570. The van der Waals surface area contributed by atoms with Gasteiger partial charge >= 0.3 is 0 Å². The highest BCUT2D eigenvalue weighted by Crippen LogP contribution is 2.28. The average molecular weight is 213 g/mol. The first kappa shape index (κ1) is 12.1. The van der Waals surface area contributed by atoms with Gasteiger partial charge in [-0.25, -0.2) is 8.78 Å². The fraction of sp³-hybridized carbons (Fsp3) is 0.500. The number of benzene rings is 1. The summed E-state index contributed by atoms with van der Waals surface area (Å²) in [6.07, 6.45) is 0.662. The third-order valence-corrected chi connectivity index (χ3v) is 2.19. The largest absolute Gasteiger partial charge is 0.324 e. The van der Waals surface area contributed by atoms with Gasteiger partial charge in [0.2, 0.25) is 0 Å². The standard InChI is InChI=1S/C12H17F2N/c1-12(2,3)7-11(15)9-5-4-8(13)6-10(9)14/h4-6,11H,7,15H2,1-3H3/t11-/m0/s1. The van der Waals surface area contributed by atoms with Crippen molar-refractivity contribution in [3.8, 4) is 0 Å². The van der Waals surface area contributed by atoms with E-state index in [2.05, 4.69) is 0 Å². The van der Waals surface area contributed by atoms with Gasteiger partial charge in [-0.05, 0) is 17.9 Å². The van der Waals surface area contributed by atoms with Crippen molar-refractivity contribution in [2.75, 3.05) is 0 Å². The Labute approximate surface area is 89.3 Å². The molecule has 0 bridgehead atoms. The fourth-order valence-corrected chi connectivity index (χ4v) is 1.57. The topological polar surface area (TPSA) is 26.0 Å².